The molecule has 0 amide bonds. The zero-order valence-corrected chi connectivity index (χ0v) is 11.8. The van der Waals surface area contributed by atoms with Gasteiger partial charge in [0.1, 0.15) is 17.1 Å². The smallest absolute Gasteiger partial charge is 0.151 e. The van der Waals surface area contributed by atoms with E-state index in [2.05, 4.69) is 4.98 Å². The summed E-state index contributed by atoms with van der Waals surface area (Å²) in [7, 11) is 0. The van der Waals surface area contributed by atoms with Gasteiger partial charge in [-0.3, -0.25) is 0 Å². The van der Waals surface area contributed by atoms with Crippen molar-refractivity contribution in [2.24, 2.45) is 0 Å². The van der Waals surface area contributed by atoms with Crippen LogP contribution in [0, 0.1) is 5.82 Å². The second-order valence-electron chi connectivity index (χ2n) is 4.77. The molecule has 0 aliphatic carbocycles. The third-order valence-corrected chi connectivity index (χ3v) is 3.62. The number of nitrogens with zero attached hydrogens (tertiary/aromatic N) is 2. The van der Waals surface area contributed by atoms with Crippen LogP contribution in [0.5, 0.6) is 0 Å². The lowest BCUT2D eigenvalue weighted by Crippen LogP contribution is -2.10. The summed E-state index contributed by atoms with van der Waals surface area (Å²) >= 11 is 5.95. The van der Waals surface area contributed by atoms with Crippen molar-refractivity contribution < 1.29 is 8.81 Å². The summed E-state index contributed by atoms with van der Waals surface area (Å²) in [5.74, 6) is 1.48. The van der Waals surface area contributed by atoms with Crippen molar-refractivity contribution in [1.29, 1.82) is 0 Å². The first-order valence-corrected chi connectivity index (χ1v) is 6.98. The van der Waals surface area contributed by atoms with Crippen LogP contribution in [-0.2, 0) is 12.3 Å². The van der Waals surface area contributed by atoms with Crippen molar-refractivity contribution >= 4 is 22.6 Å². The van der Waals surface area contributed by atoms with E-state index in [1.807, 2.05) is 29.7 Å². The van der Waals surface area contributed by atoms with E-state index in [-0.39, 0.29) is 17.7 Å². The van der Waals surface area contributed by atoms with Crippen molar-refractivity contribution in [2.45, 2.75) is 25.3 Å². The summed E-state index contributed by atoms with van der Waals surface area (Å²) in [6.07, 6.45) is 2.36. The number of alkyl halides is 1. The fourth-order valence-electron chi connectivity index (χ4n) is 2.53. The Morgan fingerprint density at radius 2 is 2.20 bits per heavy atom. The molecule has 0 saturated carbocycles. The molecule has 0 N–H and O–H groups in total. The van der Waals surface area contributed by atoms with Crippen LogP contribution in [0.15, 0.2) is 41.0 Å². The lowest BCUT2D eigenvalue weighted by Gasteiger charge is -2.15. The number of hydrogen-bond donors (Lipinski definition) is 0. The fourth-order valence-corrected chi connectivity index (χ4v) is 2.72. The first-order chi connectivity index (χ1) is 9.70. The molecule has 0 radical (unpaired) electrons. The van der Waals surface area contributed by atoms with Gasteiger partial charge in [0.15, 0.2) is 5.82 Å². The second-order valence-corrected chi connectivity index (χ2v) is 5.04. The van der Waals surface area contributed by atoms with E-state index >= 15 is 0 Å². The van der Waals surface area contributed by atoms with Gasteiger partial charge in [0.2, 0.25) is 0 Å². The molecule has 0 fully saturated rings. The third kappa shape index (κ3) is 2.20. The molecular weight excluding hydrogens is 279 g/mol. The highest BCUT2D eigenvalue weighted by Gasteiger charge is 2.18. The Labute approximate surface area is 121 Å². The number of halogens is 2. The van der Waals surface area contributed by atoms with E-state index < -0.39 is 0 Å². The molecule has 2 aromatic heterocycles. The van der Waals surface area contributed by atoms with Crippen molar-refractivity contribution in [3.63, 3.8) is 0 Å². The van der Waals surface area contributed by atoms with Gasteiger partial charge in [-0.05, 0) is 31.2 Å². The van der Waals surface area contributed by atoms with Gasteiger partial charge >= 0.3 is 0 Å². The molecule has 104 valence electrons. The van der Waals surface area contributed by atoms with Crippen molar-refractivity contribution in [3.05, 3.63) is 54.0 Å². The zero-order chi connectivity index (χ0) is 14.1. The lowest BCUT2D eigenvalue weighted by atomic mass is 10.2. The molecule has 0 spiro atoms. The topological polar surface area (TPSA) is 31.0 Å². The predicted octanol–water partition coefficient (Wildman–Crippen LogP) is 4.31. The molecule has 3 nitrogen and oxygen atoms in total. The number of imidazole rings is 1. The number of para-hydroxylation sites is 1. The summed E-state index contributed by atoms with van der Waals surface area (Å²) < 4.78 is 21.2. The number of hydrogen-bond acceptors (Lipinski definition) is 2. The van der Waals surface area contributed by atoms with Crippen molar-refractivity contribution in [2.75, 3.05) is 0 Å². The summed E-state index contributed by atoms with van der Waals surface area (Å²) in [5.41, 5.74) is 1.13. The Morgan fingerprint density at radius 3 is 2.90 bits per heavy atom. The maximum Gasteiger partial charge on any atom is 0.151 e. The summed E-state index contributed by atoms with van der Waals surface area (Å²) in [6.45, 7) is 2.05. The Balaban J connectivity index is 2.07. The Morgan fingerprint density at radius 1 is 1.35 bits per heavy atom. The minimum Gasteiger partial charge on any atom is -0.469 e. The molecule has 0 aliphatic rings. The van der Waals surface area contributed by atoms with Crippen LogP contribution in [0.3, 0.4) is 0 Å². The number of aromatic nitrogens is 2. The lowest BCUT2D eigenvalue weighted by molar-refractivity contribution is 0.449. The zero-order valence-electron chi connectivity index (χ0n) is 11.0. The van der Waals surface area contributed by atoms with Crippen LogP contribution in [-0.4, -0.2) is 9.55 Å². The Bertz CT molecular complexity index is 721. The maximum absolute atomic E-state index is 13.8. The van der Waals surface area contributed by atoms with Gasteiger partial charge in [-0.15, -0.1) is 11.6 Å². The number of fused-ring (bicyclic) bond motifs is 1. The summed E-state index contributed by atoms with van der Waals surface area (Å²) in [4.78, 5) is 4.31. The molecule has 1 aromatic carbocycles. The molecule has 0 bridgehead atoms. The van der Waals surface area contributed by atoms with E-state index in [1.165, 1.54) is 6.07 Å². The molecule has 1 unspecified atom stereocenters. The molecule has 1 atom stereocenters. The van der Waals surface area contributed by atoms with Gasteiger partial charge in [0.05, 0.1) is 17.7 Å². The van der Waals surface area contributed by atoms with Crippen LogP contribution in [0.1, 0.15) is 24.6 Å². The van der Waals surface area contributed by atoms with Gasteiger partial charge in [-0.1, -0.05) is 6.07 Å². The van der Waals surface area contributed by atoms with E-state index in [1.54, 1.807) is 12.3 Å². The third-order valence-electron chi connectivity index (χ3n) is 3.38. The minimum atomic E-state index is -0.321. The van der Waals surface area contributed by atoms with Gasteiger partial charge in [0, 0.05) is 12.5 Å². The highest BCUT2D eigenvalue weighted by Crippen LogP contribution is 2.26. The summed E-state index contributed by atoms with van der Waals surface area (Å²) in [5, 5.41) is 0. The van der Waals surface area contributed by atoms with Gasteiger partial charge in [-0.2, -0.15) is 0 Å². The molecule has 3 aromatic rings. The van der Waals surface area contributed by atoms with Crippen LogP contribution in [0.25, 0.3) is 11.0 Å². The van der Waals surface area contributed by atoms with Gasteiger partial charge < -0.3 is 8.98 Å². The molecule has 20 heavy (non-hydrogen) atoms. The normalized spacial score (nSPS) is 12.9. The molecule has 3 rings (SSSR count). The van der Waals surface area contributed by atoms with Gasteiger partial charge in [0.25, 0.3) is 0 Å². The SMILES string of the molecule is CC(Cc1ccco1)n1c(CCl)nc2c(F)cccc21. The van der Waals surface area contributed by atoms with Crippen LogP contribution < -0.4 is 0 Å². The minimum absolute atomic E-state index is 0.0849. The van der Waals surface area contributed by atoms with Gasteiger partial charge in [-0.25, -0.2) is 9.37 Å². The molecule has 0 aliphatic heterocycles. The molecular formula is C15H14ClFN2O. The highest BCUT2D eigenvalue weighted by atomic mass is 35.5. The van der Waals surface area contributed by atoms with Crippen LogP contribution >= 0.6 is 11.6 Å². The van der Waals surface area contributed by atoms with Crippen LogP contribution in [0.4, 0.5) is 4.39 Å². The Kier molecular flexibility index (Phi) is 3.49. The standard InChI is InChI=1S/C15H14ClFN2O/c1-10(8-11-4-3-7-20-11)19-13-6-2-5-12(17)15(13)18-14(19)9-16/h2-7,10H,8-9H2,1H3. The number of rotatable bonds is 4. The summed E-state index contributed by atoms with van der Waals surface area (Å²) in [6, 6.07) is 8.83. The molecule has 5 heteroatoms. The molecule has 2 heterocycles. The Hall–Kier alpha value is -1.81. The maximum atomic E-state index is 13.8. The number of furan rings is 1. The van der Waals surface area contributed by atoms with Crippen molar-refractivity contribution in [1.82, 2.24) is 9.55 Å². The van der Waals surface area contributed by atoms with Crippen molar-refractivity contribution in [3.8, 4) is 0 Å². The average Bonchev–Trinajstić information content (AvgIpc) is 3.05. The van der Waals surface area contributed by atoms with Crippen LogP contribution in [0.2, 0.25) is 0 Å². The first-order valence-electron chi connectivity index (χ1n) is 6.44. The fraction of sp³-hybridized carbons (Fsp3) is 0.267. The predicted molar refractivity (Wildman–Crippen MR) is 76.4 cm³/mol. The number of benzene rings is 1. The highest BCUT2D eigenvalue weighted by molar-refractivity contribution is 6.16. The largest absolute Gasteiger partial charge is 0.469 e. The first kappa shape index (κ1) is 13.2. The molecule has 0 saturated heterocycles. The second kappa shape index (κ2) is 5.29. The van der Waals surface area contributed by atoms with E-state index in [9.17, 15) is 4.39 Å². The quantitative estimate of drug-likeness (QED) is 0.671. The van der Waals surface area contributed by atoms with E-state index in [4.69, 9.17) is 16.0 Å². The van der Waals surface area contributed by atoms with E-state index in [0.717, 1.165) is 11.3 Å². The monoisotopic (exact) mass is 292 g/mol. The average molecular weight is 293 g/mol. The van der Waals surface area contributed by atoms with E-state index in [0.29, 0.717) is 17.8 Å².